The van der Waals surface area contributed by atoms with E-state index in [-0.39, 0.29) is 12.4 Å². The van der Waals surface area contributed by atoms with Crippen LogP contribution in [0.4, 0.5) is 0 Å². The van der Waals surface area contributed by atoms with E-state index in [1.54, 1.807) is 13.8 Å². The summed E-state index contributed by atoms with van der Waals surface area (Å²) in [6.07, 6.45) is -0.574. The molecule has 1 atom stereocenters. The van der Waals surface area contributed by atoms with E-state index in [0.717, 1.165) is 5.82 Å². The minimum atomic E-state index is -0.574. The van der Waals surface area contributed by atoms with E-state index in [9.17, 15) is 0 Å². The van der Waals surface area contributed by atoms with Crippen LogP contribution in [0.3, 0.4) is 0 Å². The summed E-state index contributed by atoms with van der Waals surface area (Å²) in [6.45, 7) is 3.42. The number of rotatable bonds is 1. The monoisotopic (exact) mass is 163 g/mol. The Kier molecular flexibility index (Phi) is 3.32. The molecule has 0 amide bonds. The largest absolute Gasteiger partial charge is 0.385 e. The molecule has 1 aromatic heterocycles. The fraction of sp³-hybridized carbons (Fsp3) is 0.600. The lowest BCUT2D eigenvalue weighted by atomic mass is 10.4. The first-order valence-corrected chi connectivity index (χ1v) is 2.77. The molecular formula is C5H10ClN3O. The molecule has 0 bridgehead atoms. The third kappa shape index (κ3) is 1.97. The maximum Gasteiger partial charge on any atom is 0.178 e. The molecule has 1 rings (SSSR count). The van der Waals surface area contributed by atoms with Crippen LogP contribution in [0.1, 0.15) is 24.7 Å². The molecule has 10 heavy (non-hydrogen) atoms. The standard InChI is InChI=1S/C5H9N3O.ClH/c1-3(9)5-6-4(2)7-8-5;/h3,9H,1-2H3,(H,6,7,8);1H/t3-;/m0./s1. The van der Waals surface area contributed by atoms with E-state index in [1.165, 1.54) is 0 Å². The molecule has 0 fully saturated rings. The van der Waals surface area contributed by atoms with Gasteiger partial charge in [-0.25, -0.2) is 4.98 Å². The van der Waals surface area contributed by atoms with Crippen LogP contribution in [0.15, 0.2) is 0 Å². The van der Waals surface area contributed by atoms with Crippen LogP contribution < -0.4 is 0 Å². The van der Waals surface area contributed by atoms with E-state index in [1.807, 2.05) is 0 Å². The number of aromatic nitrogens is 3. The van der Waals surface area contributed by atoms with Gasteiger partial charge in [0.05, 0.1) is 0 Å². The van der Waals surface area contributed by atoms with E-state index < -0.39 is 6.10 Å². The Morgan fingerprint density at radius 3 is 2.40 bits per heavy atom. The van der Waals surface area contributed by atoms with Crippen molar-refractivity contribution in [1.29, 1.82) is 0 Å². The van der Waals surface area contributed by atoms with Crippen molar-refractivity contribution in [2.45, 2.75) is 20.0 Å². The van der Waals surface area contributed by atoms with Crippen molar-refractivity contribution in [3.05, 3.63) is 11.6 Å². The predicted molar refractivity (Wildman–Crippen MR) is 39.0 cm³/mol. The Bertz CT molecular complexity index is 199. The van der Waals surface area contributed by atoms with Crippen LogP contribution in [-0.2, 0) is 0 Å². The average molecular weight is 164 g/mol. The number of aromatic amines is 1. The Morgan fingerprint density at radius 2 is 2.20 bits per heavy atom. The number of hydrogen-bond donors (Lipinski definition) is 2. The summed E-state index contributed by atoms with van der Waals surface area (Å²) >= 11 is 0. The quantitative estimate of drug-likeness (QED) is 0.637. The Morgan fingerprint density at radius 1 is 1.60 bits per heavy atom. The lowest BCUT2D eigenvalue weighted by Gasteiger charge is -1.92. The first kappa shape index (κ1) is 9.39. The highest BCUT2D eigenvalue weighted by atomic mass is 35.5. The van der Waals surface area contributed by atoms with Gasteiger partial charge in [-0.2, -0.15) is 5.10 Å². The topological polar surface area (TPSA) is 61.8 Å². The first-order valence-electron chi connectivity index (χ1n) is 2.77. The molecule has 5 heteroatoms. The van der Waals surface area contributed by atoms with Crippen molar-refractivity contribution in [2.75, 3.05) is 0 Å². The highest BCUT2D eigenvalue weighted by molar-refractivity contribution is 5.85. The average Bonchev–Trinajstić information content (AvgIpc) is 2.14. The van der Waals surface area contributed by atoms with Crippen LogP contribution in [0.25, 0.3) is 0 Å². The smallest absolute Gasteiger partial charge is 0.178 e. The highest BCUT2D eigenvalue weighted by Gasteiger charge is 2.04. The molecule has 0 saturated heterocycles. The van der Waals surface area contributed by atoms with E-state index in [2.05, 4.69) is 15.2 Å². The van der Waals surface area contributed by atoms with Crippen LogP contribution in [0.2, 0.25) is 0 Å². The number of aliphatic hydroxyl groups is 1. The number of aliphatic hydroxyl groups excluding tert-OH is 1. The molecule has 4 nitrogen and oxygen atoms in total. The molecule has 0 aromatic carbocycles. The van der Waals surface area contributed by atoms with Crippen LogP contribution in [0.5, 0.6) is 0 Å². The lowest BCUT2D eigenvalue weighted by molar-refractivity contribution is 0.189. The van der Waals surface area contributed by atoms with Gasteiger partial charge in [0, 0.05) is 0 Å². The molecule has 0 radical (unpaired) electrons. The molecular weight excluding hydrogens is 154 g/mol. The predicted octanol–water partition coefficient (Wildman–Crippen LogP) is 0.588. The van der Waals surface area contributed by atoms with Crippen molar-refractivity contribution in [1.82, 2.24) is 15.2 Å². The van der Waals surface area contributed by atoms with Gasteiger partial charge in [-0.05, 0) is 13.8 Å². The normalized spacial score (nSPS) is 12.3. The Labute approximate surface area is 65.1 Å². The lowest BCUT2D eigenvalue weighted by Crippen LogP contribution is -1.92. The fourth-order valence-electron chi connectivity index (χ4n) is 0.547. The number of halogens is 1. The minimum absolute atomic E-state index is 0. The molecule has 0 aliphatic rings. The van der Waals surface area contributed by atoms with E-state index >= 15 is 0 Å². The second kappa shape index (κ2) is 3.53. The number of nitrogens with zero attached hydrogens (tertiary/aromatic N) is 2. The number of nitrogens with one attached hydrogen (secondary N) is 1. The van der Waals surface area contributed by atoms with Gasteiger partial charge in [-0.15, -0.1) is 12.4 Å². The third-order valence-corrected chi connectivity index (χ3v) is 0.988. The van der Waals surface area contributed by atoms with Gasteiger partial charge in [0.25, 0.3) is 0 Å². The van der Waals surface area contributed by atoms with Crippen molar-refractivity contribution in [3.63, 3.8) is 0 Å². The van der Waals surface area contributed by atoms with Gasteiger partial charge >= 0.3 is 0 Å². The molecule has 0 aliphatic carbocycles. The van der Waals surface area contributed by atoms with Crippen molar-refractivity contribution in [3.8, 4) is 0 Å². The van der Waals surface area contributed by atoms with Crippen molar-refractivity contribution < 1.29 is 5.11 Å². The van der Waals surface area contributed by atoms with Gasteiger partial charge in [-0.1, -0.05) is 0 Å². The van der Waals surface area contributed by atoms with Crippen LogP contribution in [0, 0.1) is 6.92 Å². The zero-order valence-corrected chi connectivity index (χ0v) is 6.64. The number of H-pyrrole nitrogens is 1. The third-order valence-electron chi connectivity index (χ3n) is 0.988. The van der Waals surface area contributed by atoms with Gasteiger partial charge < -0.3 is 5.11 Å². The molecule has 1 aromatic rings. The molecule has 1 heterocycles. The summed E-state index contributed by atoms with van der Waals surface area (Å²) in [7, 11) is 0. The van der Waals surface area contributed by atoms with Crippen LogP contribution in [-0.4, -0.2) is 20.3 Å². The second-order valence-corrected chi connectivity index (χ2v) is 1.95. The molecule has 0 unspecified atom stereocenters. The maximum absolute atomic E-state index is 8.89. The Hall–Kier alpha value is -0.610. The zero-order chi connectivity index (χ0) is 6.85. The molecule has 2 N–H and O–H groups in total. The highest BCUT2D eigenvalue weighted by Crippen LogP contribution is 2.02. The number of hydrogen-bond acceptors (Lipinski definition) is 3. The maximum atomic E-state index is 8.89. The zero-order valence-electron chi connectivity index (χ0n) is 5.83. The summed E-state index contributed by atoms with van der Waals surface area (Å²) in [5, 5.41) is 15.3. The molecule has 0 aliphatic heterocycles. The van der Waals surface area contributed by atoms with Gasteiger partial charge in [0.1, 0.15) is 11.9 Å². The molecule has 0 saturated carbocycles. The fourth-order valence-corrected chi connectivity index (χ4v) is 0.547. The first-order chi connectivity index (χ1) is 4.20. The van der Waals surface area contributed by atoms with Crippen molar-refractivity contribution in [2.24, 2.45) is 0 Å². The van der Waals surface area contributed by atoms with E-state index in [4.69, 9.17) is 5.11 Å². The second-order valence-electron chi connectivity index (χ2n) is 1.95. The van der Waals surface area contributed by atoms with Crippen LogP contribution >= 0.6 is 12.4 Å². The van der Waals surface area contributed by atoms with Gasteiger partial charge in [0.2, 0.25) is 0 Å². The summed E-state index contributed by atoms with van der Waals surface area (Å²) in [5.41, 5.74) is 0. The van der Waals surface area contributed by atoms with Gasteiger partial charge in [0.15, 0.2) is 5.82 Å². The van der Waals surface area contributed by atoms with Gasteiger partial charge in [-0.3, -0.25) is 5.10 Å². The summed E-state index contributed by atoms with van der Waals surface area (Å²) in [4.78, 5) is 3.89. The van der Waals surface area contributed by atoms with Crippen molar-refractivity contribution >= 4 is 12.4 Å². The Balaban J connectivity index is 0.000000810. The SMILES string of the molecule is Cc1nc([C@H](C)O)n[nH]1.Cl. The number of aryl methyl sites for hydroxylation is 1. The van der Waals surface area contributed by atoms with E-state index in [0.29, 0.717) is 5.82 Å². The summed E-state index contributed by atoms with van der Waals surface area (Å²) in [6, 6.07) is 0. The minimum Gasteiger partial charge on any atom is -0.385 e. The molecule has 58 valence electrons. The summed E-state index contributed by atoms with van der Waals surface area (Å²) < 4.78 is 0. The molecule has 0 spiro atoms. The summed E-state index contributed by atoms with van der Waals surface area (Å²) in [5.74, 6) is 1.18.